The molecule has 0 bridgehead atoms. The third-order valence-corrected chi connectivity index (χ3v) is 4.47. The number of nitrogens with one attached hydrogen (secondary N) is 1. The summed E-state index contributed by atoms with van der Waals surface area (Å²) in [5.41, 5.74) is 0. The third kappa shape index (κ3) is 2.72. The number of aliphatic hydroxyl groups is 1. The average Bonchev–Trinajstić information content (AvgIpc) is 2.59. The van der Waals surface area contributed by atoms with Crippen LogP contribution >= 0.6 is 0 Å². The van der Waals surface area contributed by atoms with Crippen molar-refractivity contribution in [2.45, 2.75) is 24.3 Å². The molecule has 0 aliphatic carbocycles. The molecule has 1 fully saturated rings. The lowest BCUT2D eigenvalue weighted by Crippen LogP contribution is -2.49. The van der Waals surface area contributed by atoms with Crippen LogP contribution in [0.25, 0.3) is 0 Å². The first-order valence-corrected chi connectivity index (χ1v) is 7.05. The molecule has 0 saturated carbocycles. The van der Waals surface area contributed by atoms with Crippen molar-refractivity contribution in [2.75, 3.05) is 26.4 Å². The Hall–Kier alpha value is -0.660. The van der Waals surface area contributed by atoms with Gasteiger partial charge in [0.1, 0.15) is 5.25 Å². The maximum Gasteiger partial charge on any atom is 0.240 e. The van der Waals surface area contributed by atoms with Gasteiger partial charge in [-0.05, 0) is 6.92 Å². The molecule has 0 aromatic heterocycles. The number of amides is 1. The van der Waals surface area contributed by atoms with Gasteiger partial charge < -0.3 is 15.3 Å². The minimum atomic E-state index is -3.39. The SMILES string of the molecule is CC(C(=O)N(C)[C@H]1CNC[C@@H]1O)S(C)(=O)=O. The summed E-state index contributed by atoms with van der Waals surface area (Å²) in [6.45, 7) is 2.28. The Bertz CT molecular complexity index is 368. The summed E-state index contributed by atoms with van der Waals surface area (Å²) in [5.74, 6) is -0.477. The highest BCUT2D eigenvalue weighted by Crippen LogP contribution is 2.11. The van der Waals surface area contributed by atoms with Gasteiger partial charge in [-0.3, -0.25) is 4.79 Å². The van der Waals surface area contributed by atoms with E-state index in [1.54, 1.807) is 0 Å². The van der Waals surface area contributed by atoms with Crippen molar-refractivity contribution < 1.29 is 18.3 Å². The van der Waals surface area contributed by atoms with Crippen LogP contribution in [0.1, 0.15) is 6.92 Å². The largest absolute Gasteiger partial charge is 0.390 e. The van der Waals surface area contributed by atoms with Crippen molar-refractivity contribution in [2.24, 2.45) is 0 Å². The molecule has 0 radical (unpaired) electrons. The number of rotatable bonds is 3. The van der Waals surface area contributed by atoms with Gasteiger partial charge in [0.05, 0.1) is 12.1 Å². The molecule has 7 heteroatoms. The van der Waals surface area contributed by atoms with E-state index in [4.69, 9.17) is 0 Å². The number of carbonyl (C=O) groups is 1. The fourth-order valence-corrected chi connectivity index (χ4v) is 2.21. The van der Waals surface area contributed by atoms with Crippen molar-refractivity contribution in [1.29, 1.82) is 0 Å². The van der Waals surface area contributed by atoms with Crippen LogP contribution < -0.4 is 5.32 Å². The van der Waals surface area contributed by atoms with Gasteiger partial charge in [0.15, 0.2) is 9.84 Å². The molecule has 1 heterocycles. The standard InChI is InChI=1S/C9H18N2O4S/c1-6(16(3,14)15)9(13)11(2)7-4-10-5-8(7)12/h6-8,10,12H,4-5H2,1-3H3/t6?,7-,8-/m0/s1. The Morgan fingerprint density at radius 1 is 1.50 bits per heavy atom. The molecule has 0 aromatic rings. The van der Waals surface area contributed by atoms with Crippen LogP contribution in [0.4, 0.5) is 0 Å². The first kappa shape index (κ1) is 13.4. The second-order valence-corrected chi connectivity index (χ2v) is 6.58. The van der Waals surface area contributed by atoms with Crippen LogP contribution in [0.3, 0.4) is 0 Å². The summed E-state index contributed by atoms with van der Waals surface area (Å²) < 4.78 is 22.5. The minimum absolute atomic E-state index is 0.350. The van der Waals surface area contributed by atoms with Crippen molar-refractivity contribution in [3.63, 3.8) is 0 Å². The van der Waals surface area contributed by atoms with E-state index in [0.29, 0.717) is 13.1 Å². The highest BCUT2D eigenvalue weighted by Gasteiger charge is 2.35. The minimum Gasteiger partial charge on any atom is -0.390 e. The molecule has 1 amide bonds. The van der Waals surface area contributed by atoms with E-state index < -0.39 is 27.1 Å². The number of β-amino-alcohol motifs (C(OH)–C–C–N with tert-alkyl or cyclic N) is 1. The monoisotopic (exact) mass is 250 g/mol. The molecular weight excluding hydrogens is 232 g/mol. The molecule has 1 aliphatic heterocycles. The number of hydrogen-bond donors (Lipinski definition) is 2. The van der Waals surface area contributed by atoms with Gasteiger partial charge in [0.2, 0.25) is 5.91 Å². The van der Waals surface area contributed by atoms with Gasteiger partial charge in [-0.1, -0.05) is 0 Å². The molecule has 16 heavy (non-hydrogen) atoms. The predicted molar refractivity (Wildman–Crippen MR) is 59.7 cm³/mol. The highest BCUT2D eigenvalue weighted by molar-refractivity contribution is 7.92. The molecule has 1 rings (SSSR count). The zero-order valence-electron chi connectivity index (χ0n) is 9.67. The van der Waals surface area contributed by atoms with Gasteiger partial charge in [-0.25, -0.2) is 8.42 Å². The van der Waals surface area contributed by atoms with Crippen LogP contribution in [0, 0.1) is 0 Å². The lowest BCUT2D eigenvalue weighted by molar-refractivity contribution is -0.132. The van der Waals surface area contributed by atoms with Gasteiger partial charge in [-0.15, -0.1) is 0 Å². The number of sulfone groups is 1. The third-order valence-electron chi connectivity index (χ3n) is 2.99. The molecule has 1 unspecified atom stereocenters. The Kier molecular flexibility index (Phi) is 3.92. The van der Waals surface area contributed by atoms with Gasteiger partial charge in [-0.2, -0.15) is 0 Å². The van der Waals surface area contributed by atoms with Crippen LogP contribution in [0.15, 0.2) is 0 Å². The normalized spacial score (nSPS) is 27.8. The highest BCUT2D eigenvalue weighted by atomic mass is 32.2. The Morgan fingerprint density at radius 2 is 2.06 bits per heavy atom. The number of aliphatic hydroxyl groups excluding tert-OH is 1. The molecule has 0 aromatic carbocycles. The van der Waals surface area contributed by atoms with Gasteiger partial charge >= 0.3 is 0 Å². The van der Waals surface area contributed by atoms with Gasteiger partial charge in [0.25, 0.3) is 0 Å². The maximum absolute atomic E-state index is 11.8. The van der Waals surface area contributed by atoms with E-state index >= 15 is 0 Å². The van der Waals surface area contributed by atoms with Crippen molar-refractivity contribution in [1.82, 2.24) is 10.2 Å². The molecule has 94 valence electrons. The van der Waals surface area contributed by atoms with Gasteiger partial charge in [0, 0.05) is 26.4 Å². The zero-order chi connectivity index (χ0) is 12.5. The fraction of sp³-hybridized carbons (Fsp3) is 0.889. The van der Waals surface area contributed by atoms with E-state index in [1.165, 1.54) is 18.9 Å². The van der Waals surface area contributed by atoms with Crippen molar-refractivity contribution >= 4 is 15.7 Å². The van der Waals surface area contributed by atoms with E-state index in [-0.39, 0.29) is 6.04 Å². The molecule has 3 atom stereocenters. The van der Waals surface area contributed by atoms with Crippen molar-refractivity contribution in [3.05, 3.63) is 0 Å². The first-order chi connectivity index (χ1) is 7.25. The molecule has 6 nitrogen and oxygen atoms in total. The second kappa shape index (κ2) is 4.68. The van der Waals surface area contributed by atoms with Crippen LogP contribution in [-0.4, -0.2) is 68.1 Å². The quantitative estimate of drug-likeness (QED) is 0.618. The van der Waals surface area contributed by atoms with Crippen LogP contribution in [-0.2, 0) is 14.6 Å². The van der Waals surface area contributed by atoms with E-state index in [9.17, 15) is 18.3 Å². The number of likely N-dealkylation sites (N-methyl/N-ethyl adjacent to an activating group) is 1. The molecule has 1 saturated heterocycles. The summed E-state index contributed by atoms with van der Waals surface area (Å²) in [4.78, 5) is 13.1. The van der Waals surface area contributed by atoms with E-state index in [2.05, 4.69) is 5.32 Å². The Morgan fingerprint density at radius 3 is 2.44 bits per heavy atom. The van der Waals surface area contributed by atoms with E-state index in [0.717, 1.165) is 6.26 Å². The second-order valence-electron chi connectivity index (χ2n) is 4.21. The fourth-order valence-electron chi connectivity index (χ4n) is 1.68. The summed E-state index contributed by atoms with van der Waals surface area (Å²) in [6.07, 6.45) is 0.396. The number of carbonyl (C=O) groups excluding carboxylic acids is 1. The van der Waals surface area contributed by atoms with Crippen LogP contribution in [0.5, 0.6) is 0 Å². The maximum atomic E-state index is 11.8. The molecule has 2 N–H and O–H groups in total. The Labute approximate surface area is 95.5 Å². The summed E-state index contributed by atoms with van der Waals surface area (Å²) in [5, 5.41) is 11.5. The molecule has 0 spiro atoms. The number of nitrogens with zero attached hydrogens (tertiary/aromatic N) is 1. The predicted octanol–water partition coefficient (Wildman–Crippen LogP) is -1.79. The first-order valence-electron chi connectivity index (χ1n) is 5.09. The molecule has 1 aliphatic rings. The van der Waals surface area contributed by atoms with Crippen LogP contribution in [0.2, 0.25) is 0 Å². The van der Waals surface area contributed by atoms with E-state index in [1.807, 2.05) is 0 Å². The smallest absolute Gasteiger partial charge is 0.240 e. The number of hydrogen-bond acceptors (Lipinski definition) is 5. The molecular formula is C9H18N2O4S. The lowest BCUT2D eigenvalue weighted by atomic mass is 10.2. The lowest BCUT2D eigenvalue weighted by Gasteiger charge is -2.28. The summed E-state index contributed by atoms with van der Waals surface area (Å²) in [7, 11) is -1.87. The Balaban J connectivity index is 2.74. The summed E-state index contributed by atoms with van der Waals surface area (Å²) in [6, 6.07) is -0.350. The topological polar surface area (TPSA) is 86.7 Å². The van der Waals surface area contributed by atoms with Crippen molar-refractivity contribution in [3.8, 4) is 0 Å². The summed E-state index contributed by atoms with van der Waals surface area (Å²) >= 11 is 0. The zero-order valence-corrected chi connectivity index (χ0v) is 10.5. The average molecular weight is 250 g/mol.